The molecule has 0 aromatic heterocycles. The Bertz CT molecular complexity index is 355. The fourth-order valence-corrected chi connectivity index (χ4v) is 3.04. The molecule has 5 atom stereocenters. The van der Waals surface area contributed by atoms with Crippen LogP contribution in [0.3, 0.4) is 0 Å². The Morgan fingerprint density at radius 1 is 1.00 bits per heavy atom. The summed E-state index contributed by atoms with van der Waals surface area (Å²) in [4.78, 5) is 0. The van der Waals surface area contributed by atoms with Crippen molar-refractivity contribution in [2.75, 3.05) is 13.2 Å². The Morgan fingerprint density at radius 3 is 2.32 bits per heavy atom. The summed E-state index contributed by atoms with van der Waals surface area (Å²) in [5.74, 6) is -1.43. The first-order chi connectivity index (χ1) is 8.81. The molecule has 0 radical (unpaired) electrons. The fourth-order valence-electron chi connectivity index (χ4n) is 3.04. The molecule has 0 aromatic carbocycles. The second-order valence-corrected chi connectivity index (χ2v) is 6.28. The van der Waals surface area contributed by atoms with Crippen LogP contribution in [0.5, 0.6) is 0 Å². The van der Waals surface area contributed by atoms with Gasteiger partial charge in [-0.3, -0.25) is 0 Å². The van der Waals surface area contributed by atoms with Crippen molar-refractivity contribution in [1.82, 2.24) is 0 Å². The molecule has 0 aliphatic carbocycles. The molecule has 3 rings (SSSR count). The quantitative estimate of drug-likeness (QED) is 0.796. The van der Waals surface area contributed by atoms with Crippen molar-refractivity contribution in [3.63, 3.8) is 0 Å². The van der Waals surface area contributed by atoms with Crippen molar-refractivity contribution >= 4 is 0 Å². The molecule has 0 amide bonds. The highest BCUT2D eigenvalue weighted by atomic mass is 16.8. The van der Waals surface area contributed by atoms with Gasteiger partial charge in [0.05, 0.1) is 19.3 Å². The molecule has 0 saturated carbocycles. The summed E-state index contributed by atoms with van der Waals surface area (Å²) in [6.45, 7) is 7.86. The van der Waals surface area contributed by atoms with Gasteiger partial charge in [-0.25, -0.2) is 0 Å². The minimum Gasteiger partial charge on any atom is -0.396 e. The third kappa shape index (κ3) is 2.41. The van der Waals surface area contributed by atoms with Gasteiger partial charge in [0.25, 0.3) is 0 Å². The van der Waals surface area contributed by atoms with Crippen molar-refractivity contribution < 1.29 is 28.8 Å². The number of fused-ring (bicyclic) bond motifs is 1. The molecular weight excluding hydrogens is 252 g/mol. The van der Waals surface area contributed by atoms with E-state index in [0.29, 0.717) is 6.61 Å². The first-order valence-corrected chi connectivity index (χ1v) is 6.75. The van der Waals surface area contributed by atoms with E-state index in [9.17, 15) is 5.11 Å². The van der Waals surface area contributed by atoms with E-state index in [-0.39, 0.29) is 30.8 Å². The van der Waals surface area contributed by atoms with Gasteiger partial charge in [0.2, 0.25) is 0 Å². The van der Waals surface area contributed by atoms with Crippen LogP contribution in [0.25, 0.3) is 0 Å². The van der Waals surface area contributed by atoms with Gasteiger partial charge in [-0.15, -0.1) is 0 Å². The summed E-state index contributed by atoms with van der Waals surface area (Å²) in [6, 6.07) is 0. The zero-order valence-electron chi connectivity index (χ0n) is 11.8. The van der Waals surface area contributed by atoms with Gasteiger partial charge in [0.1, 0.15) is 12.2 Å². The molecule has 3 aliphatic rings. The van der Waals surface area contributed by atoms with Gasteiger partial charge >= 0.3 is 0 Å². The predicted octanol–water partition coefficient (Wildman–Crippen LogP) is 0.623. The van der Waals surface area contributed by atoms with Gasteiger partial charge in [0, 0.05) is 5.92 Å². The summed E-state index contributed by atoms with van der Waals surface area (Å²) in [6.07, 6.45) is -1.16. The third-order valence-corrected chi connectivity index (χ3v) is 3.83. The molecule has 3 heterocycles. The van der Waals surface area contributed by atoms with Crippen molar-refractivity contribution in [2.24, 2.45) is 5.92 Å². The van der Waals surface area contributed by atoms with Crippen LogP contribution in [-0.2, 0) is 23.7 Å². The summed E-state index contributed by atoms with van der Waals surface area (Å²) in [5, 5.41) is 9.63. The minimum absolute atomic E-state index is 0.0223. The summed E-state index contributed by atoms with van der Waals surface area (Å²) >= 11 is 0. The molecule has 0 unspecified atom stereocenters. The highest BCUT2D eigenvalue weighted by molar-refractivity contribution is 4.97. The van der Waals surface area contributed by atoms with Gasteiger partial charge in [-0.1, -0.05) is 0 Å². The molecule has 6 heteroatoms. The number of aliphatic hydroxyl groups excluding tert-OH is 1. The fraction of sp³-hybridized carbons (Fsp3) is 1.00. The van der Waals surface area contributed by atoms with E-state index >= 15 is 0 Å². The molecule has 110 valence electrons. The predicted molar refractivity (Wildman–Crippen MR) is 64.2 cm³/mol. The highest BCUT2D eigenvalue weighted by Crippen LogP contribution is 2.43. The van der Waals surface area contributed by atoms with Crippen LogP contribution in [0.4, 0.5) is 0 Å². The van der Waals surface area contributed by atoms with Crippen LogP contribution < -0.4 is 0 Å². The van der Waals surface area contributed by atoms with Crippen LogP contribution >= 0.6 is 0 Å². The standard InChI is InChI=1S/C13H22O6/c1-12(2)15-6-8(17-12)9-7(5-14)10-11(16-9)19-13(3,4)18-10/h7-11,14H,5-6H2,1-4H3/t7-,8+,9+,10-,11-/m1/s1. The Labute approximate surface area is 112 Å². The number of aliphatic hydroxyl groups is 1. The van der Waals surface area contributed by atoms with E-state index in [2.05, 4.69) is 0 Å². The van der Waals surface area contributed by atoms with Gasteiger partial charge in [0.15, 0.2) is 17.9 Å². The number of hydrogen-bond donors (Lipinski definition) is 1. The van der Waals surface area contributed by atoms with E-state index < -0.39 is 17.9 Å². The van der Waals surface area contributed by atoms with E-state index in [1.807, 2.05) is 27.7 Å². The maximum Gasteiger partial charge on any atom is 0.188 e. The molecule has 0 spiro atoms. The van der Waals surface area contributed by atoms with E-state index in [4.69, 9.17) is 23.7 Å². The molecule has 3 aliphatic heterocycles. The molecule has 6 nitrogen and oxygen atoms in total. The van der Waals surface area contributed by atoms with Crippen LogP contribution in [-0.4, -0.2) is 54.5 Å². The van der Waals surface area contributed by atoms with Crippen molar-refractivity contribution in [3.05, 3.63) is 0 Å². The molecule has 19 heavy (non-hydrogen) atoms. The van der Waals surface area contributed by atoms with Crippen molar-refractivity contribution in [1.29, 1.82) is 0 Å². The first kappa shape index (κ1) is 13.7. The zero-order valence-corrected chi connectivity index (χ0v) is 11.8. The topological polar surface area (TPSA) is 66.4 Å². The second kappa shape index (κ2) is 4.38. The molecule has 3 saturated heterocycles. The minimum atomic E-state index is -0.667. The second-order valence-electron chi connectivity index (χ2n) is 6.28. The largest absolute Gasteiger partial charge is 0.396 e. The summed E-state index contributed by atoms with van der Waals surface area (Å²) in [7, 11) is 0. The van der Waals surface area contributed by atoms with Crippen LogP contribution in [0.15, 0.2) is 0 Å². The lowest BCUT2D eigenvalue weighted by Gasteiger charge is -2.28. The molecular formula is C13H22O6. The lowest BCUT2D eigenvalue weighted by Crippen LogP contribution is -2.40. The van der Waals surface area contributed by atoms with Crippen LogP contribution in [0, 0.1) is 5.92 Å². The van der Waals surface area contributed by atoms with Crippen LogP contribution in [0.1, 0.15) is 27.7 Å². The van der Waals surface area contributed by atoms with E-state index in [1.165, 1.54) is 0 Å². The highest BCUT2D eigenvalue weighted by Gasteiger charge is 2.57. The third-order valence-electron chi connectivity index (χ3n) is 3.83. The molecule has 0 aromatic rings. The van der Waals surface area contributed by atoms with Crippen molar-refractivity contribution in [2.45, 2.75) is 63.9 Å². The SMILES string of the molecule is CC1(C)O[C@H]2O[C@H]([C@@H]3COC(C)(C)O3)[C@@H](CO)[C@H]2O1. The number of rotatable bonds is 2. The zero-order chi connectivity index (χ0) is 13.8. The Balaban J connectivity index is 1.72. The lowest BCUT2D eigenvalue weighted by molar-refractivity contribution is -0.228. The maximum atomic E-state index is 9.63. The summed E-state index contributed by atoms with van der Waals surface area (Å²) < 4.78 is 28.8. The van der Waals surface area contributed by atoms with Gasteiger partial charge < -0.3 is 28.8 Å². The normalized spacial score (nSPS) is 47.5. The van der Waals surface area contributed by atoms with Crippen LogP contribution in [0.2, 0.25) is 0 Å². The number of hydrogen-bond acceptors (Lipinski definition) is 6. The molecule has 1 N–H and O–H groups in total. The monoisotopic (exact) mass is 274 g/mol. The molecule has 3 fully saturated rings. The summed E-state index contributed by atoms with van der Waals surface area (Å²) in [5.41, 5.74) is 0. The smallest absolute Gasteiger partial charge is 0.188 e. The lowest BCUT2D eigenvalue weighted by atomic mass is 9.96. The van der Waals surface area contributed by atoms with E-state index in [0.717, 1.165) is 0 Å². The average Bonchev–Trinajstić information content (AvgIpc) is 2.87. The first-order valence-electron chi connectivity index (χ1n) is 6.75. The Morgan fingerprint density at radius 2 is 1.74 bits per heavy atom. The molecule has 0 bridgehead atoms. The van der Waals surface area contributed by atoms with E-state index in [1.54, 1.807) is 0 Å². The number of ether oxygens (including phenoxy) is 5. The average molecular weight is 274 g/mol. The Hall–Kier alpha value is -0.240. The Kier molecular flexibility index (Phi) is 3.16. The maximum absolute atomic E-state index is 9.63. The van der Waals surface area contributed by atoms with Gasteiger partial charge in [-0.05, 0) is 27.7 Å². The van der Waals surface area contributed by atoms with Crippen molar-refractivity contribution in [3.8, 4) is 0 Å². The van der Waals surface area contributed by atoms with Gasteiger partial charge in [-0.2, -0.15) is 0 Å².